The summed E-state index contributed by atoms with van der Waals surface area (Å²) in [6.45, 7) is 6.82. The molecule has 2 heterocycles. The fourth-order valence-corrected chi connectivity index (χ4v) is 2.70. The number of guanidine groups is 1. The predicted molar refractivity (Wildman–Crippen MR) is 104 cm³/mol. The lowest BCUT2D eigenvalue weighted by atomic mass is 10.3. The van der Waals surface area contributed by atoms with Crippen LogP contribution < -0.4 is 10.6 Å². The van der Waals surface area contributed by atoms with Gasteiger partial charge in [0.25, 0.3) is 0 Å². The first-order valence-electron chi connectivity index (χ1n) is 9.15. The normalized spacial score (nSPS) is 11.6. The van der Waals surface area contributed by atoms with E-state index in [1.54, 1.807) is 12.7 Å². The van der Waals surface area contributed by atoms with Gasteiger partial charge in [0, 0.05) is 31.7 Å². The molecule has 0 unspecified atom stereocenters. The van der Waals surface area contributed by atoms with Gasteiger partial charge in [0.05, 0.1) is 0 Å². The van der Waals surface area contributed by atoms with Crippen molar-refractivity contribution in [2.45, 2.75) is 33.4 Å². The van der Waals surface area contributed by atoms with Crippen molar-refractivity contribution >= 4 is 5.96 Å². The second-order valence-corrected chi connectivity index (χ2v) is 5.87. The van der Waals surface area contributed by atoms with Gasteiger partial charge in [-0.05, 0) is 19.1 Å². The summed E-state index contributed by atoms with van der Waals surface area (Å²) in [5, 5.41) is 22.9. The van der Waals surface area contributed by atoms with Crippen LogP contribution in [0.15, 0.2) is 48.0 Å². The van der Waals surface area contributed by atoms with Crippen LogP contribution in [0.4, 0.5) is 0 Å². The fourth-order valence-electron chi connectivity index (χ4n) is 2.70. The zero-order valence-corrected chi connectivity index (χ0v) is 15.7. The molecule has 0 aliphatic carbocycles. The Hall–Kier alpha value is -3.23. The molecule has 9 nitrogen and oxygen atoms in total. The number of hydrogen-bond acceptors (Lipinski definition) is 5. The molecule has 0 aliphatic rings. The maximum atomic E-state index is 4.63. The standard InChI is InChI=1S/C18H25N9/c1-3-16-24-22-13-26(16)11-10-20-18(19-4-2)21-12-17-25-23-14-27(17)15-8-6-5-7-9-15/h5-9,13-14H,3-4,10-12H2,1-2H3,(H2,19,20,21). The Morgan fingerprint density at radius 3 is 2.56 bits per heavy atom. The van der Waals surface area contributed by atoms with Crippen molar-refractivity contribution in [1.82, 2.24) is 40.2 Å². The third-order valence-electron chi connectivity index (χ3n) is 4.03. The molecule has 0 bridgehead atoms. The number of aromatic nitrogens is 6. The van der Waals surface area contributed by atoms with E-state index in [1.807, 2.05) is 46.4 Å². The Morgan fingerprint density at radius 2 is 1.78 bits per heavy atom. The molecule has 1 aromatic carbocycles. The largest absolute Gasteiger partial charge is 0.357 e. The van der Waals surface area contributed by atoms with Gasteiger partial charge >= 0.3 is 0 Å². The van der Waals surface area contributed by atoms with E-state index in [4.69, 9.17) is 0 Å². The van der Waals surface area contributed by atoms with Gasteiger partial charge in [0.1, 0.15) is 25.0 Å². The highest BCUT2D eigenvalue weighted by atomic mass is 15.3. The van der Waals surface area contributed by atoms with E-state index in [9.17, 15) is 0 Å². The van der Waals surface area contributed by atoms with Crippen molar-refractivity contribution in [1.29, 1.82) is 0 Å². The van der Waals surface area contributed by atoms with Gasteiger partial charge in [-0.1, -0.05) is 25.1 Å². The number of aryl methyl sites for hydroxylation is 1. The van der Waals surface area contributed by atoms with Crippen molar-refractivity contribution < 1.29 is 0 Å². The molecule has 3 aromatic rings. The molecule has 3 rings (SSSR count). The summed E-state index contributed by atoms with van der Waals surface area (Å²) in [6, 6.07) is 10.0. The quantitative estimate of drug-likeness (QED) is 0.458. The van der Waals surface area contributed by atoms with Gasteiger partial charge in [-0.2, -0.15) is 0 Å². The summed E-state index contributed by atoms with van der Waals surface area (Å²) in [7, 11) is 0. The number of nitrogens with zero attached hydrogens (tertiary/aromatic N) is 7. The van der Waals surface area contributed by atoms with Crippen LogP contribution in [-0.4, -0.2) is 48.6 Å². The Bertz CT molecular complexity index is 851. The van der Waals surface area contributed by atoms with Gasteiger partial charge in [-0.25, -0.2) is 4.99 Å². The Kier molecular flexibility index (Phi) is 6.50. The Labute approximate surface area is 158 Å². The number of aliphatic imine (C=N–C) groups is 1. The summed E-state index contributed by atoms with van der Waals surface area (Å²) in [5.41, 5.74) is 1.02. The van der Waals surface area contributed by atoms with Gasteiger partial charge in [-0.3, -0.25) is 4.57 Å². The maximum absolute atomic E-state index is 4.63. The van der Waals surface area contributed by atoms with Gasteiger partial charge in [-0.15, -0.1) is 20.4 Å². The van der Waals surface area contributed by atoms with Crippen molar-refractivity contribution in [2.75, 3.05) is 13.1 Å². The van der Waals surface area contributed by atoms with E-state index in [2.05, 4.69) is 42.9 Å². The minimum Gasteiger partial charge on any atom is -0.357 e. The molecule has 27 heavy (non-hydrogen) atoms. The summed E-state index contributed by atoms with van der Waals surface area (Å²) in [4.78, 5) is 4.63. The average molecular weight is 367 g/mol. The zero-order chi connectivity index (χ0) is 18.9. The number of rotatable bonds is 8. The molecule has 0 fully saturated rings. The summed E-state index contributed by atoms with van der Waals surface area (Å²) in [5.74, 6) is 2.51. The highest BCUT2D eigenvalue weighted by Gasteiger charge is 2.07. The van der Waals surface area contributed by atoms with Gasteiger partial charge in [0.2, 0.25) is 0 Å². The van der Waals surface area contributed by atoms with Crippen LogP contribution in [0.5, 0.6) is 0 Å². The van der Waals surface area contributed by atoms with Gasteiger partial charge in [0.15, 0.2) is 11.8 Å². The van der Waals surface area contributed by atoms with Crippen LogP contribution in [0.1, 0.15) is 25.5 Å². The van der Waals surface area contributed by atoms with Crippen LogP contribution in [0.2, 0.25) is 0 Å². The smallest absolute Gasteiger partial charge is 0.191 e. The minimum absolute atomic E-state index is 0.428. The monoisotopic (exact) mass is 367 g/mol. The molecular formula is C18H25N9. The zero-order valence-electron chi connectivity index (χ0n) is 15.7. The van der Waals surface area contributed by atoms with Crippen molar-refractivity contribution in [3.8, 4) is 5.69 Å². The molecule has 0 aliphatic heterocycles. The number of para-hydroxylation sites is 1. The minimum atomic E-state index is 0.428. The second kappa shape index (κ2) is 9.46. The van der Waals surface area contributed by atoms with Gasteiger partial charge < -0.3 is 15.2 Å². The van der Waals surface area contributed by atoms with E-state index >= 15 is 0 Å². The lowest BCUT2D eigenvalue weighted by molar-refractivity contribution is 0.632. The molecule has 0 saturated heterocycles. The lowest BCUT2D eigenvalue weighted by Gasteiger charge is -2.12. The second-order valence-electron chi connectivity index (χ2n) is 5.87. The first-order chi connectivity index (χ1) is 13.3. The van der Waals surface area contributed by atoms with E-state index in [0.717, 1.165) is 49.4 Å². The number of benzene rings is 1. The Morgan fingerprint density at radius 1 is 1.00 bits per heavy atom. The summed E-state index contributed by atoms with van der Waals surface area (Å²) >= 11 is 0. The fraction of sp³-hybridized carbons (Fsp3) is 0.389. The summed E-state index contributed by atoms with van der Waals surface area (Å²) < 4.78 is 3.99. The lowest BCUT2D eigenvalue weighted by Crippen LogP contribution is -2.39. The van der Waals surface area contributed by atoms with Crippen LogP contribution in [-0.2, 0) is 19.5 Å². The molecule has 0 spiro atoms. The maximum Gasteiger partial charge on any atom is 0.191 e. The van der Waals surface area contributed by atoms with Crippen molar-refractivity contribution in [2.24, 2.45) is 4.99 Å². The molecule has 142 valence electrons. The van der Waals surface area contributed by atoms with Crippen LogP contribution >= 0.6 is 0 Å². The molecule has 2 aromatic heterocycles. The average Bonchev–Trinajstić information content (AvgIpc) is 3.35. The summed E-state index contributed by atoms with van der Waals surface area (Å²) in [6.07, 6.45) is 4.33. The Balaban J connectivity index is 1.62. The third kappa shape index (κ3) is 4.90. The predicted octanol–water partition coefficient (Wildman–Crippen LogP) is 1.18. The van der Waals surface area contributed by atoms with E-state index in [1.165, 1.54) is 0 Å². The SMILES string of the molecule is CCNC(=NCc1nncn1-c1ccccc1)NCCn1cnnc1CC. The molecule has 0 saturated carbocycles. The van der Waals surface area contributed by atoms with E-state index in [-0.39, 0.29) is 0 Å². The molecule has 0 amide bonds. The van der Waals surface area contributed by atoms with E-state index < -0.39 is 0 Å². The van der Waals surface area contributed by atoms with Crippen molar-refractivity contribution in [3.05, 3.63) is 54.6 Å². The topological polar surface area (TPSA) is 97.8 Å². The molecule has 2 N–H and O–H groups in total. The highest BCUT2D eigenvalue weighted by Crippen LogP contribution is 2.09. The van der Waals surface area contributed by atoms with Crippen LogP contribution in [0.25, 0.3) is 5.69 Å². The molecule has 9 heteroatoms. The number of hydrogen-bond donors (Lipinski definition) is 2. The molecule has 0 atom stereocenters. The highest BCUT2D eigenvalue weighted by molar-refractivity contribution is 5.79. The van der Waals surface area contributed by atoms with Crippen LogP contribution in [0.3, 0.4) is 0 Å². The first kappa shape index (κ1) is 18.6. The first-order valence-corrected chi connectivity index (χ1v) is 9.15. The van der Waals surface area contributed by atoms with E-state index in [0.29, 0.717) is 6.54 Å². The third-order valence-corrected chi connectivity index (χ3v) is 4.03. The number of nitrogens with one attached hydrogen (secondary N) is 2. The molecule has 0 radical (unpaired) electrons. The van der Waals surface area contributed by atoms with Crippen LogP contribution in [0, 0.1) is 0 Å². The molecular weight excluding hydrogens is 342 g/mol. The van der Waals surface area contributed by atoms with Crippen molar-refractivity contribution in [3.63, 3.8) is 0 Å².